The number of halogens is 1. The molecular formula is C12H13FN2O2. The van der Waals surface area contributed by atoms with E-state index in [1.807, 2.05) is 29.9 Å². The molecule has 0 aromatic carbocycles. The number of rotatable bonds is 3. The lowest BCUT2D eigenvalue weighted by molar-refractivity contribution is 0.367. The molecule has 0 amide bonds. The molecule has 0 aliphatic heterocycles. The summed E-state index contributed by atoms with van der Waals surface area (Å²) in [5.74, 6) is -0.0341. The monoisotopic (exact) mass is 236 g/mol. The van der Waals surface area contributed by atoms with Gasteiger partial charge in [-0.15, -0.1) is 0 Å². The van der Waals surface area contributed by atoms with Gasteiger partial charge in [0.2, 0.25) is 5.88 Å². The van der Waals surface area contributed by atoms with Gasteiger partial charge in [-0.1, -0.05) is 0 Å². The van der Waals surface area contributed by atoms with Gasteiger partial charge in [0.25, 0.3) is 0 Å². The zero-order valence-electron chi connectivity index (χ0n) is 9.90. The third-order valence-corrected chi connectivity index (χ3v) is 2.55. The molecule has 2 rings (SSSR count). The van der Waals surface area contributed by atoms with E-state index in [2.05, 4.69) is 4.98 Å². The molecule has 5 heteroatoms. The van der Waals surface area contributed by atoms with E-state index < -0.39 is 5.82 Å². The highest BCUT2D eigenvalue weighted by atomic mass is 19.1. The van der Waals surface area contributed by atoms with Gasteiger partial charge < -0.3 is 14.0 Å². The van der Waals surface area contributed by atoms with E-state index in [-0.39, 0.29) is 5.75 Å². The van der Waals surface area contributed by atoms with Gasteiger partial charge in [-0.3, -0.25) is 0 Å². The second-order valence-electron chi connectivity index (χ2n) is 3.53. The molecule has 2 heterocycles. The lowest BCUT2D eigenvalue weighted by Crippen LogP contribution is -2.01. The van der Waals surface area contributed by atoms with Crippen LogP contribution in [0.4, 0.5) is 4.39 Å². The van der Waals surface area contributed by atoms with Crippen LogP contribution in [0.5, 0.6) is 11.6 Å². The van der Waals surface area contributed by atoms with E-state index >= 15 is 0 Å². The fourth-order valence-corrected chi connectivity index (χ4v) is 1.76. The van der Waals surface area contributed by atoms with Gasteiger partial charge in [-0.25, -0.2) is 9.37 Å². The average molecular weight is 236 g/mol. The van der Waals surface area contributed by atoms with Gasteiger partial charge >= 0.3 is 0 Å². The molecule has 4 nitrogen and oxygen atoms in total. The normalized spacial score (nSPS) is 10.4. The quantitative estimate of drug-likeness (QED) is 0.820. The maximum absolute atomic E-state index is 13.6. The van der Waals surface area contributed by atoms with Crippen molar-refractivity contribution in [1.82, 2.24) is 9.55 Å². The number of nitrogens with zero attached hydrogens (tertiary/aromatic N) is 2. The van der Waals surface area contributed by atoms with Crippen molar-refractivity contribution in [3.05, 3.63) is 30.3 Å². The van der Waals surface area contributed by atoms with Crippen LogP contribution in [0.25, 0.3) is 11.3 Å². The molecule has 0 aliphatic carbocycles. The first-order valence-corrected chi connectivity index (χ1v) is 5.07. The number of aromatic nitrogens is 2. The smallest absolute Gasteiger partial charge is 0.226 e. The molecule has 0 spiro atoms. The van der Waals surface area contributed by atoms with Crippen LogP contribution in [0.2, 0.25) is 0 Å². The summed E-state index contributed by atoms with van der Waals surface area (Å²) < 4.78 is 25.7. The number of hydrogen-bond acceptors (Lipinski definition) is 3. The van der Waals surface area contributed by atoms with Gasteiger partial charge in [-0.05, 0) is 12.1 Å². The van der Waals surface area contributed by atoms with Crippen LogP contribution in [-0.2, 0) is 7.05 Å². The van der Waals surface area contributed by atoms with Crippen molar-refractivity contribution in [3.8, 4) is 22.9 Å². The highest BCUT2D eigenvalue weighted by Gasteiger charge is 2.19. The first-order valence-electron chi connectivity index (χ1n) is 5.07. The van der Waals surface area contributed by atoms with Crippen LogP contribution >= 0.6 is 0 Å². The zero-order valence-corrected chi connectivity index (χ0v) is 9.90. The molecule has 0 fully saturated rings. The van der Waals surface area contributed by atoms with E-state index in [0.717, 1.165) is 11.9 Å². The van der Waals surface area contributed by atoms with Crippen molar-refractivity contribution in [2.75, 3.05) is 14.2 Å². The minimum Gasteiger partial charge on any atom is -0.493 e. The van der Waals surface area contributed by atoms with Crippen molar-refractivity contribution < 1.29 is 13.9 Å². The number of pyridine rings is 1. The van der Waals surface area contributed by atoms with Crippen LogP contribution in [0.1, 0.15) is 0 Å². The number of hydrogen-bond donors (Lipinski definition) is 0. The zero-order chi connectivity index (χ0) is 12.4. The van der Waals surface area contributed by atoms with Gasteiger partial charge in [0.15, 0.2) is 11.6 Å². The first-order chi connectivity index (χ1) is 8.19. The molecule has 0 atom stereocenters. The van der Waals surface area contributed by atoms with E-state index in [9.17, 15) is 4.39 Å². The molecule has 2 aromatic heterocycles. The fraction of sp³-hybridized carbons (Fsp3) is 0.250. The van der Waals surface area contributed by atoms with Gasteiger partial charge in [0.1, 0.15) is 5.56 Å². The van der Waals surface area contributed by atoms with Crippen molar-refractivity contribution in [3.63, 3.8) is 0 Å². The minimum atomic E-state index is -0.510. The Morgan fingerprint density at radius 3 is 2.59 bits per heavy atom. The molecule has 0 saturated carbocycles. The predicted octanol–water partition coefficient (Wildman–Crippen LogP) is 2.24. The van der Waals surface area contributed by atoms with E-state index in [4.69, 9.17) is 9.47 Å². The summed E-state index contributed by atoms with van der Waals surface area (Å²) in [6.45, 7) is 0. The van der Waals surface area contributed by atoms with Crippen LogP contribution < -0.4 is 9.47 Å². The van der Waals surface area contributed by atoms with Gasteiger partial charge in [-0.2, -0.15) is 0 Å². The summed E-state index contributed by atoms with van der Waals surface area (Å²) in [6.07, 6.45) is 2.95. The van der Waals surface area contributed by atoms with Gasteiger partial charge in [0, 0.05) is 13.2 Å². The largest absolute Gasteiger partial charge is 0.493 e. The molecule has 0 aliphatic rings. The van der Waals surface area contributed by atoms with E-state index in [1.54, 1.807) is 0 Å². The molecule has 0 bridgehead atoms. The summed E-state index contributed by atoms with van der Waals surface area (Å²) >= 11 is 0. The SMILES string of the molecule is COc1ncc(F)c(OC)c1-c1cccn1C. The lowest BCUT2D eigenvalue weighted by atomic mass is 10.1. The standard InChI is InChI=1S/C12H13FN2O2/c1-15-6-4-5-9(15)10-11(16-2)8(13)7-14-12(10)17-3/h4-7H,1-3H3. The summed E-state index contributed by atoms with van der Waals surface area (Å²) in [5.41, 5.74) is 1.30. The third-order valence-electron chi connectivity index (χ3n) is 2.55. The highest BCUT2D eigenvalue weighted by Crippen LogP contribution is 2.38. The number of ether oxygens (including phenoxy) is 2. The summed E-state index contributed by atoms with van der Waals surface area (Å²) in [4.78, 5) is 3.91. The van der Waals surface area contributed by atoms with Crippen molar-refractivity contribution in [2.24, 2.45) is 7.05 Å². The third kappa shape index (κ3) is 1.84. The molecule has 0 unspecified atom stereocenters. The Morgan fingerprint density at radius 2 is 2.06 bits per heavy atom. The molecule has 0 N–H and O–H groups in total. The number of methoxy groups -OCH3 is 2. The Balaban J connectivity index is 2.73. The Bertz CT molecular complexity index is 537. The second-order valence-corrected chi connectivity index (χ2v) is 3.53. The second kappa shape index (κ2) is 4.45. The summed E-state index contributed by atoms with van der Waals surface area (Å²) in [7, 11) is 4.77. The van der Waals surface area contributed by atoms with Crippen LogP contribution in [0, 0.1) is 5.82 Å². The molecule has 90 valence electrons. The Morgan fingerprint density at radius 1 is 1.29 bits per heavy atom. The molecule has 0 radical (unpaired) electrons. The van der Waals surface area contributed by atoms with Crippen molar-refractivity contribution in [1.29, 1.82) is 0 Å². The molecule has 0 saturated heterocycles. The highest BCUT2D eigenvalue weighted by molar-refractivity contribution is 5.73. The maximum Gasteiger partial charge on any atom is 0.226 e. The van der Waals surface area contributed by atoms with E-state index in [0.29, 0.717) is 11.4 Å². The molecule has 17 heavy (non-hydrogen) atoms. The molecule has 2 aromatic rings. The van der Waals surface area contributed by atoms with E-state index in [1.165, 1.54) is 14.2 Å². The Kier molecular flexibility index (Phi) is 2.99. The Labute approximate surface area is 98.6 Å². The van der Waals surface area contributed by atoms with Crippen molar-refractivity contribution >= 4 is 0 Å². The average Bonchev–Trinajstić information content (AvgIpc) is 2.74. The van der Waals surface area contributed by atoms with Crippen molar-refractivity contribution in [2.45, 2.75) is 0 Å². The van der Waals surface area contributed by atoms with Crippen LogP contribution in [-0.4, -0.2) is 23.8 Å². The fourth-order valence-electron chi connectivity index (χ4n) is 1.76. The Hall–Kier alpha value is -2.04. The lowest BCUT2D eigenvalue weighted by Gasteiger charge is -2.13. The van der Waals surface area contributed by atoms with Gasteiger partial charge in [0.05, 0.1) is 26.1 Å². The minimum absolute atomic E-state index is 0.138. The first kappa shape index (κ1) is 11.4. The van der Waals surface area contributed by atoms with Crippen LogP contribution in [0.3, 0.4) is 0 Å². The maximum atomic E-state index is 13.6. The summed E-state index contributed by atoms with van der Waals surface area (Å²) in [5, 5.41) is 0. The summed E-state index contributed by atoms with van der Waals surface area (Å²) in [6, 6.07) is 3.71. The molecular weight excluding hydrogens is 223 g/mol. The number of aryl methyl sites for hydroxylation is 1. The topological polar surface area (TPSA) is 36.3 Å². The van der Waals surface area contributed by atoms with Crippen LogP contribution in [0.15, 0.2) is 24.5 Å². The predicted molar refractivity (Wildman–Crippen MR) is 61.7 cm³/mol.